The van der Waals surface area contributed by atoms with Crippen molar-refractivity contribution in [2.75, 3.05) is 26.7 Å². The fraction of sp³-hybridized carbons (Fsp3) is 0.381. The zero-order valence-corrected chi connectivity index (χ0v) is 14.8. The van der Waals surface area contributed by atoms with E-state index in [1.807, 2.05) is 18.0 Å². The molecule has 0 radical (unpaired) electrons. The van der Waals surface area contributed by atoms with Gasteiger partial charge in [0, 0.05) is 12.6 Å². The van der Waals surface area contributed by atoms with Gasteiger partial charge in [-0.25, -0.2) is 0 Å². The molecule has 0 atom stereocenters. The van der Waals surface area contributed by atoms with Crippen molar-refractivity contribution < 1.29 is 9.90 Å². The summed E-state index contributed by atoms with van der Waals surface area (Å²) in [5.41, 5.74) is 3.83. The first-order chi connectivity index (χ1) is 12.1. The molecule has 0 amide bonds. The van der Waals surface area contributed by atoms with Crippen molar-refractivity contribution >= 4 is 5.97 Å². The van der Waals surface area contributed by atoms with E-state index in [2.05, 4.69) is 53.4 Å². The number of carboxylic acid groups (broad SMARTS) is 1. The van der Waals surface area contributed by atoms with Crippen molar-refractivity contribution in [2.24, 2.45) is 0 Å². The van der Waals surface area contributed by atoms with Crippen LogP contribution in [0.3, 0.4) is 0 Å². The van der Waals surface area contributed by atoms with Crippen LogP contribution < -0.4 is 0 Å². The average molecular weight is 338 g/mol. The molecule has 0 bridgehead atoms. The first kappa shape index (κ1) is 17.6. The van der Waals surface area contributed by atoms with Crippen molar-refractivity contribution in [2.45, 2.75) is 25.4 Å². The van der Waals surface area contributed by atoms with Gasteiger partial charge in [-0.2, -0.15) is 0 Å². The monoisotopic (exact) mass is 338 g/mol. The van der Waals surface area contributed by atoms with E-state index in [0.717, 1.165) is 32.5 Å². The number of hydrogen-bond donors (Lipinski definition) is 1. The number of rotatable bonds is 6. The second kappa shape index (κ2) is 8.28. The molecule has 25 heavy (non-hydrogen) atoms. The Bertz CT molecular complexity index is 677. The van der Waals surface area contributed by atoms with Gasteiger partial charge in [0.25, 0.3) is 0 Å². The average Bonchev–Trinajstić information content (AvgIpc) is 2.63. The number of benzene rings is 2. The first-order valence-electron chi connectivity index (χ1n) is 8.90. The molecule has 2 aromatic carbocycles. The normalized spacial score (nSPS) is 16.2. The van der Waals surface area contributed by atoms with Gasteiger partial charge in [-0.3, -0.25) is 14.6 Å². The molecule has 0 aromatic heterocycles. The molecule has 1 fully saturated rings. The van der Waals surface area contributed by atoms with Crippen LogP contribution in [0, 0.1) is 0 Å². The minimum absolute atomic E-state index is 0.131. The van der Waals surface area contributed by atoms with Gasteiger partial charge in [0.1, 0.15) is 0 Å². The van der Waals surface area contributed by atoms with E-state index in [1.54, 1.807) is 0 Å². The number of carboxylic acids is 1. The van der Waals surface area contributed by atoms with Crippen molar-refractivity contribution in [3.8, 4) is 11.1 Å². The molecule has 3 rings (SSSR count). The van der Waals surface area contributed by atoms with E-state index in [4.69, 9.17) is 5.11 Å². The lowest BCUT2D eigenvalue weighted by atomic mass is 10.0. The Morgan fingerprint density at radius 1 is 1.04 bits per heavy atom. The second-order valence-electron chi connectivity index (χ2n) is 6.88. The summed E-state index contributed by atoms with van der Waals surface area (Å²) in [4.78, 5) is 15.3. The number of nitrogens with zero attached hydrogens (tertiary/aromatic N) is 2. The molecular weight excluding hydrogens is 312 g/mol. The highest BCUT2D eigenvalue weighted by Crippen LogP contribution is 2.21. The number of aliphatic carboxylic acids is 1. The van der Waals surface area contributed by atoms with Crippen LogP contribution in [-0.2, 0) is 11.3 Å². The number of likely N-dealkylation sites (tertiary alicyclic amines) is 1. The Morgan fingerprint density at radius 2 is 1.64 bits per heavy atom. The van der Waals surface area contributed by atoms with Gasteiger partial charge in [0.05, 0.1) is 6.54 Å². The molecule has 2 aromatic rings. The van der Waals surface area contributed by atoms with E-state index in [1.165, 1.54) is 16.7 Å². The van der Waals surface area contributed by atoms with Crippen molar-refractivity contribution in [1.82, 2.24) is 9.80 Å². The van der Waals surface area contributed by atoms with E-state index in [9.17, 15) is 4.79 Å². The molecule has 1 saturated heterocycles. The summed E-state index contributed by atoms with van der Waals surface area (Å²) >= 11 is 0. The third-order valence-electron chi connectivity index (χ3n) is 5.03. The maximum Gasteiger partial charge on any atom is 0.317 e. The number of carbonyl (C=O) groups is 1. The Morgan fingerprint density at radius 3 is 2.24 bits per heavy atom. The van der Waals surface area contributed by atoms with Gasteiger partial charge in [0.2, 0.25) is 0 Å². The third-order valence-corrected chi connectivity index (χ3v) is 5.03. The molecule has 0 saturated carbocycles. The fourth-order valence-electron chi connectivity index (χ4n) is 3.55. The minimum Gasteiger partial charge on any atom is -0.480 e. The van der Waals surface area contributed by atoms with Crippen molar-refractivity contribution in [3.63, 3.8) is 0 Å². The summed E-state index contributed by atoms with van der Waals surface area (Å²) < 4.78 is 0. The van der Waals surface area contributed by atoms with E-state index in [-0.39, 0.29) is 6.54 Å². The second-order valence-corrected chi connectivity index (χ2v) is 6.88. The molecular formula is C21H26N2O2. The highest BCUT2D eigenvalue weighted by atomic mass is 16.4. The first-order valence-corrected chi connectivity index (χ1v) is 8.90. The summed E-state index contributed by atoms with van der Waals surface area (Å²) in [6, 6.07) is 19.6. The lowest BCUT2D eigenvalue weighted by Gasteiger charge is -2.36. The largest absolute Gasteiger partial charge is 0.480 e. The summed E-state index contributed by atoms with van der Waals surface area (Å²) in [5.74, 6) is -0.747. The van der Waals surface area contributed by atoms with Crippen LogP contribution >= 0.6 is 0 Å². The number of likely N-dealkylation sites (N-methyl/N-ethyl adjacent to an activating group) is 1. The van der Waals surface area contributed by atoms with Gasteiger partial charge < -0.3 is 5.11 Å². The quantitative estimate of drug-likeness (QED) is 0.877. The van der Waals surface area contributed by atoms with Gasteiger partial charge in [0.15, 0.2) is 0 Å². The Labute approximate surface area is 149 Å². The van der Waals surface area contributed by atoms with Crippen LogP contribution in [-0.4, -0.2) is 53.6 Å². The molecule has 0 unspecified atom stereocenters. The maximum absolute atomic E-state index is 10.8. The molecule has 132 valence electrons. The van der Waals surface area contributed by atoms with E-state index < -0.39 is 5.97 Å². The zero-order chi connectivity index (χ0) is 17.6. The standard InChI is InChI=1S/C21H26N2O2/c1-22(16-21(24)25)20-11-13-23(14-12-20)15-17-7-9-19(10-8-17)18-5-3-2-4-6-18/h2-10,20H,11-16H2,1H3,(H,24,25). The van der Waals surface area contributed by atoms with Crippen molar-refractivity contribution in [3.05, 3.63) is 60.2 Å². The highest BCUT2D eigenvalue weighted by molar-refractivity contribution is 5.69. The maximum atomic E-state index is 10.8. The van der Waals surface area contributed by atoms with E-state index in [0.29, 0.717) is 6.04 Å². The van der Waals surface area contributed by atoms with E-state index >= 15 is 0 Å². The molecule has 0 aliphatic carbocycles. The Hall–Kier alpha value is -2.17. The lowest BCUT2D eigenvalue weighted by molar-refractivity contribution is -0.138. The van der Waals surface area contributed by atoms with Crippen molar-refractivity contribution in [1.29, 1.82) is 0 Å². The molecule has 1 heterocycles. The predicted octanol–water partition coefficient (Wildman–Crippen LogP) is 3.33. The summed E-state index contributed by atoms with van der Waals surface area (Å²) in [7, 11) is 1.91. The molecule has 0 spiro atoms. The predicted molar refractivity (Wildman–Crippen MR) is 100 cm³/mol. The summed E-state index contributed by atoms with van der Waals surface area (Å²) in [6.07, 6.45) is 2.07. The van der Waals surface area contributed by atoms with Gasteiger partial charge in [-0.15, -0.1) is 0 Å². The lowest BCUT2D eigenvalue weighted by Crippen LogP contribution is -2.44. The fourth-order valence-corrected chi connectivity index (χ4v) is 3.55. The molecule has 1 N–H and O–H groups in total. The van der Waals surface area contributed by atoms with Crippen LogP contribution in [0.25, 0.3) is 11.1 Å². The van der Waals surface area contributed by atoms with Crippen LogP contribution in [0.1, 0.15) is 18.4 Å². The minimum atomic E-state index is -0.747. The van der Waals surface area contributed by atoms with Crippen LogP contribution in [0.2, 0.25) is 0 Å². The zero-order valence-electron chi connectivity index (χ0n) is 14.8. The van der Waals surface area contributed by atoms with Gasteiger partial charge >= 0.3 is 5.97 Å². The number of hydrogen-bond acceptors (Lipinski definition) is 3. The SMILES string of the molecule is CN(CC(=O)O)C1CCN(Cc2ccc(-c3ccccc3)cc2)CC1. The number of piperidine rings is 1. The van der Waals surface area contributed by atoms with Gasteiger partial charge in [-0.1, -0.05) is 54.6 Å². The summed E-state index contributed by atoms with van der Waals surface area (Å²) in [5, 5.41) is 8.91. The van der Waals surface area contributed by atoms with Crippen LogP contribution in [0.5, 0.6) is 0 Å². The molecule has 4 heteroatoms. The molecule has 1 aliphatic heterocycles. The summed E-state index contributed by atoms with van der Waals surface area (Å²) in [6.45, 7) is 3.14. The van der Waals surface area contributed by atoms with Crippen LogP contribution in [0.4, 0.5) is 0 Å². The van der Waals surface area contributed by atoms with Gasteiger partial charge in [-0.05, 0) is 49.7 Å². The smallest absolute Gasteiger partial charge is 0.317 e. The topological polar surface area (TPSA) is 43.8 Å². The highest BCUT2D eigenvalue weighted by Gasteiger charge is 2.23. The molecule has 4 nitrogen and oxygen atoms in total. The van der Waals surface area contributed by atoms with Crippen LogP contribution in [0.15, 0.2) is 54.6 Å². The molecule has 1 aliphatic rings. The Kier molecular flexibility index (Phi) is 5.84. The Balaban J connectivity index is 1.51. The third kappa shape index (κ3) is 4.91.